The molecule has 2 N–H and O–H groups in total. The minimum Gasteiger partial charge on any atom is -0.478 e. The molecule has 10 heteroatoms. The van der Waals surface area contributed by atoms with Crippen LogP contribution in [0, 0.1) is 47.7 Å². The number of nitro benzene ring substituents is 1. The fourth-order valence-corrected chi connectivity index (χ4v) is 2.15. The van der Waals surface area contributed by atoms with Gasteiger partial charge in [-0.3, -0.25) is 10.1 Å². The number of non-ortho nitro benzene ring substituents is 1. The number of anilines is 1. The summed E-state index contributed by atoms with van der Waals surface area (Å²) in [5.41, 5.74) is -1.98. The summed E-state index contributed by atoms with van der Waals surface area (Å²) in [5, 5.41) is 48.7. The summed E-state index contributed by atoms with van der Waals surface area (Å²) in [6, 6.07) is 6.49. The number of aromatic carboxylic acids is 1. The summed E-state index contributed by atoms with van der Waals surface area (Å²) in [4.78, 5) is 21.2. The topological polar surface area (TPSA) is 164 Å². The molecule has 0 saturated heterocycles. The first-order valence-electron chi connectivity index (χ1n) is 5.28. The summed E-state index contributed by atoms with van der Waals surface area (Å²) >= 11 is 1.65. The van der Waals surface area contributed by atoms with Crippen molar-refractivity contribution in [1.82, 2.24) is 0 Å². The number of carbonyl (C=O) groups is 1. The molecule has 108 valence electrons. The predicted octanol–water partition coefficient (Wildman–Crippen LogP) is 2.13. The van der Waals surface area contributed by atoms with Gasteiger partial charge in [0.2, 0.25) is 0 Å². The van der Waals surface area contributed by atoms with E-state index in [1.807, 2.05) is 0 Å². The molecule has 0 aliphatic carbocycles. The van der Waals surface area contributed by atoms with Gasteiger partial charge < -0.3 is 10.4 Å². The number of allylic oxidation sites excluding steroid dienone is 2. The summed E-state index contributed by atoms with van der Waals surface area (Å²) in [6.45, 7) is 0. The second-order valence-electron chi connectivity index (χ2n) is 3.62. The number of hydrogen-bond acceptors (Lipinski definition) is 7. The molecule has 0 aliphatic rings. The van der Waals surface area contributed by atoms with E-state index in [9.17, 15) is 14.9 Å². The molecule has 22 heavy (non-hydrogen) atoms. The number of nitrogens with one attached hydrogen (secondary N) is 1. The Hall–Kier alpha value is -3.17. The maximum Gasteiger partial charge on any atom is 0.338 e. The maximum absolute atomic E-state index is 11.2. The monoisotopic (exact) mass is 409 g/mol. The highest BCUT2D eigenvalue weighted by atomic mass is 127. The van der Waals surface area contributed by atoms with Crippen LogP contribution in [0.5, 0.6) is 0 Å². The van der Waals surface area contributed by atoms with Gasteiger partial charge in [0.15, 0.2) is 5.57 Å². The lowest BCUT2D eigenvalue weighted by molar-refractivity contribution is -0.385. The number of carboxylic acids is 1. The molecule has 0 atom stereocenters. The fraction of sp³-hybridized carbons (Fsp3) is 0. The van der Waals surface area contributed by atoms with E-state index in [-0.39, 0.29) is 9.26 Å². The number of benzene rings is 1. The van der Waals surface area contributed by atoms with Gasteiger partial charge >= 0.3 is 5.97 Å². The van der Waals surface area contributed by atoms with Crippen molar-refractivity contribution in [3.05, 3.63) is 42.7 Å². The minimum atomic E-state index is -1.46. The van der Waals surface area contributed by atoms with E-state index in [0.717, 1.165) is 12.1 Å². The molecule has 1 aromatic carbocycles. The van der Waals surface area contributed by atoms with Gasteiger partial charge in [-0.25, -0.2) is 4.79 Å². The average molecular weight is 409 g/mol. The molecule has 0 spiro atoms. The van der Waals surface area contributed by atoms with Crippen molar-refractivity contribution in [2.45, 2.75) is 0 Å². The van der Waals surface area contributed by atoms with Crippen LogP contribution < -0.4 is 5.32 Å². The number of carboxylic acid groups (broad SMARTS) is 1. The third-order valence-electron chi connectivity index (χ3n) is 2.35. The molecule has 0 radical (unpaired) electrons. The van der Waals surface area contributed by atoms with E-state index in [1.54, 1.807) is 28.7 Å². The molecule has 0 bridgehead atoms. The number of rotatable bonds is 4. The molecule has 0 saturated carbocycles. The summed E-state index contributed by atoms with van der Waals surface area (Å²) in [5.74, 6) is -1.46. The van der Waals surface area contributed by atoms with Crippen molar-refractivity contribution in [1.29, 1.82) is 15.8 Å². The molecule has 1 rings (SSSR count). The normalized spacial score (nSPS) is 8.82. The average Bonchev–Trinajstić information content (AvgIpc) is 2.47. The Balaban J connectivity index is 3.57. The van der Waals surface area contributed by atoms with E-state index in [1.165, 1.54) is 12.1 Å². The zero-order valence-electron chi connectivity index (χ0n) is 10.5. The zero-order chi connectivity index (χ0) is 16.9. The molecule has 0 fully saturated rings. The van der Waals surface area contributed by atoms with Gasteiger partial charge in [-0.1, -0.05) is 0 Å². The molecule has 0 unspecified atom stereocenters. The number of nitriles is 3. The second kappa shape index (κ2) is 7.02. The second-order valence-corrected chi connectivity index (χ2v) is 4.79. The van der Waals surface area contributed by atoms with Crippen molar-refractivity contribution in [3.63, 3.8) is 0 Å². The predicted molar refractivity (Wildman–Crippen MR) is 80.3 cm³/mol. The molecule has 0 aliphatic heterocycles. The first-order valence-corrected chi connectivity index (χ1v) is 6.36. The summed E-state index contributed by atoms with van der Waals surface area (Å²) < 4.78 is 0.146. The van der Waals surface area contributed by atoms with Crippen LogP contribution in [0.4, 0.5) is 11.4 Å². The van der Waals surface area contributed by atoms with Crippen molar-refractivity contribution < 1.29 is 14.8 Å². The quantitative estimate of drug-likeness (QED) is 0.330. The SMILES string of the molecule is N#CC(C#N)=C(C#N)Nc1c(I)cc([N+](=O)[O-])cc1C(=O)O. The maximum atomic E-state index is 11.2. The molecule has 0 aromatic heterocycles. The Morgan fingerprint density at radius 3 is 2.27 bits per heavy atom. The molecule has 1 aromatic rings. The molecule has 0 heterocycles. The lowest BCUT2D eigenvalue weighted by Crippen LogP contribution is -2.09. The van der Waals surface area contributed by atoms with Crippen LogP contribution in [0.25, 0.3) is 0 Å². The Kier molecular flexibility index (Phi) is 5.38. The minimum absolute atomic E-state index is 0.113. The first kappa shape index (κ1) is 16.9. The van der Waals surface area contributed by atoms with Crippen LogP contribution in [-0.4, -0.2) is 16.0 Å². The van der Waals surface area contributed by atoms with E-state index in [0.29, 0.717) is 0 Å². The van der Waals surface area contributed by atoms with Crippen LogP contribution >= 0.6 is 22.6 Å². The van der Waals surface area contributed by atoms with Crippen LogP contribution in [0.2, 0.25) is 0 Å². The third kappa shape index (κ3) is 3.48. The van der Waals surface area contributed by atoms with Gasteiger partial charge in [0.1, 0.15) is 23.9 Å². The van der Waals surface area contributed by atoms with E-state index >= 15 is 0 Å². The van der Waals surface area contributed by atoms with E-state index in [2.05, 4.69) is 5.32 Å². The highest BCUT2D eigenvalue weighted by molar-refractivity contribution is 14.1. The summed E-state index contributed by atoms with van der Waals surface area (Å²) in [7, 11) is 0. The van der Waals surface area contributed by atoms with Crippen LogP contribution in [0.1, 0.15) is 10.4 Å². The van der Waals surface area contributed by atoms with Crippen LogP contribution in [0.3, 0.4) is 0 Å². The Labute approximate surface area is 137 Å². The first-order chi connectivity index (χ1) is 10.3. The fourth-order valence-electron chi connectivity index (χ4n) is 1.40. The largest absolute Gasteiger partial charge is 0.478 e. The Morgan fingerprint density at radius 2 is 1.86 bits per heavy atom. The number of nitrogens with zero attached hydrogens (tertiary/aromatic N) is 4. The van der Waals surface area contributed by atoms with Crippen molar-refractivity contribution in [3.8, 4) is 18.2 Å². The van der Waals surface area contributed by atoms with Crippen LogP contribution in [0.15, 0.2) is 23.4 Å². The van der Waals surface area contributed by atoms with Crippen molar-refractivity contribution in [2.75, 3.05) is 5.32 Å². The lowest BCUT2D eigenvalue weighted by atomic mass is 10.1. The number of nitro groups is 1. The standard InChI is InChI=1S/C12H4IN5O4/c13-9-2-7(18(21)22)1-8(12(19)20)11(9)17-10(5-16)6(3-14)4-15/h1-2,17H,(H,19,20). The zero-order valence-corrected chi connectivity index (χ0v) is 12.7. The lowest BCUT2D eigenvalue weighted by Gasteiger charge is -2.10. The van der Waals surface area contributed by atoms with E-state index < -0.39 is 33.4 Å². The highest BCUT2D eigenvalue weighted by Crippen LogP contribution is 2.30. The Bertz CT molecular complexity index is 810. The summed E-state index contributed by atoms with van der Waals surface area (Å²) in [6.07, 6.45) is 0. The van der Waals surface area contributed by atoms with Crippen molar-refractivity contribution >= 4 is 39.9 Å². The van der Waals surface area contributed by atoms with Gasteiger partial charge in [-0.15, -0.1) is 0 Å². The highest BCUT2D eigenvalue weighted by Gasteiger charge is 2.21. The van der Waals surface area contributed by atoms with Gasteiger partial charge in [0, 0.05) is 15.7 Å². The number of hydrogen-bond donors (Lipinski definition) is 2. The Morgan fingerprint density at radius 1 is 1.27 bits per heavy atom. The smallest absolute Gasteiger partial charge is 0.338 e. The van der Waals surface area contributed by atoms with Gasteiger partial charge in [-0.05, 0) is 22.6 Å². The van der Waals surface area contributed by atoms with Crippen LogP contribution in [-0.2, 0) is 0 Å². The van der Waals surface area contributed by atoms with Gasteiger partial charge in [0.05, 0.1) is 16.2 Å². The van der Waals surface area contributed by atoms with Gasteiger partial charge in [0.25, 0.3) is 5.69 Å². The third-order valence-corrected chi connectivity index (χ3v) is 3.20. The molecular weight excluding hydrogens is 405 g/mol. The molecule has 9 nitrogen and oxygen atoms in total. The van der Waals surface area contributed by atoms with Crippen molar-refractivity contribution in [2.24, 2.45) is 0 Å². The van der Waals surface area contributed by atoms with E-state index in [4.69, 9.17) is 20.9 Å². The molecule has 0 amide bonds. The van der Waals surface area contributed by atoms with Gasteiger partial charge in [-0.2, -0.15) is 15.8 Å². The molecular formula is C12H4IN5O4. The number of halogens is 1.